The van der Waals surface area contributed by atoms with Crippen molar-refractivity contribution in [2.75, 3.05) is 25.1 Å². The van der Waals surface area contributed by atoms with E-state index < -0.39 is 11.6 Å². The molecule has 0 amide bonds. The van der Waals surface area contributed by atoms with Crippen molar-refractivity contribution in [3.8, 4) is 0 Å². The molecular formula is C12H14BrF2NO. The number of ether oxygens (including phenoxy) is 1. The van der Waals surface area contributed by atoms with E-state index in [2.05, 4.69) is 21.2 Å². The Morgan fingerprint density at radius 3 is 2.88 bits per heavy atom. The molecular weight excluding hydrogens is 292 g/mol. The fraction of sp³-hybridized carbons (Fsp3) is 0.500. The quantitative estimate of drug-likeness (QED) is 0.862. The van der Waals surface area contributed by atoms with Crippen molar-refractivity contribution in [1.82, 2.24) is 0 Å². The van der Waals surface area contributed by atoms with Crippen LogP contribution in [0.25, 0.3) is 0 Å². The zero-order valence-electron chi connectivity index (χ0n) is 9.31. The van der Waals surface area contributed by atoms with E-state index in [-0.39, 0.29) is 4.47 Å². The predicted octanol–water partition coefficient (Wildman–Crippen LogP) is 3.57. The fourth-order valence-electron chi connectivity index (χ4n) is 1.88. The summed E-state index contributed by atoms with van der Waals surface area (Å²) in [4.78, 5) is 0. The van der Waals surface area contributed by atoms with Gasteiger partial charge in [-0.3, -0.25) is 0 Å². The third-order valence-corrected chi connectivity index (χ3v) is 3.45. The van der Waals surface area contributed by atoms with Gasteiger partial charge in [-0.1, -0.05) is 0 Å². The lowest BCUT2D eigenvalue weighted by Gasteiger charge is -2.22. The van der Waals surface area contributed by atoms with Gasteiger partial charge in [-0.15, -0.1) is 0 Å². The summed E-state index contributed by atoms with van der Waals surface area (Å²) in [5.41, 5.74) is 0.323. The molecule has 1 aromatic rings. The van der Waals surface area contributed by atoms with Crippen LogP contribution in [0, 0.1) is 17.6 Å². The van der Waals surface area contributed by atoms with Crippen molar-refractivity contribution in [3.05, 3.63) is 28.2 Å². The van der Waals surface area contributed by atoms with Crippen LogP contribution in [0.5, 0.6) is 0 Å². The van der Waals surface area contributed by atoms with Gasteiger partial charge in [0.25, 0.3) is 0 Å². The fourth-order valence-corrected chi connectivity index (χ4v) is 2.22. The first-order chi connectivity index (χ1) is 8.16. The number of nitrogens with one attached hydrogen (secondary N) is 1. The number of anilines is 1. The molecule has 1 heterocycles. The maximum Gasteiger partial charge on any atom is 0.149 e. The van der Waals surface area contributed by atoms with Gasteiger partial charge in [-0.05, 0) is 40.8 Å². The summed E-state index contributed by atoms with van der Waals surface area (Å²) >= 11 is 3.04. The molecule has 17 heavy (non-hydrogen) atoms. The average molecular weight is 306 g/mol. The van der Waals surface area contributed by atoms with Crippen LogP contribution in [0.1, 0.15) is 12.8 Å². The molecule has 1 saturated heterocycles. The van der Waals surface area contributed by atoms with E-state index in [0.29, 0.717) is 24.8 Å². The smallest absolute Gasteiger partial charge is 0.149 e. The van der Waals surface area contributed by atoms with Crippen LogP contribution in [0.3, 0.4) is 0 Å². The third-order valence-electron chi connectivity index (χ3n) is 2.85. The molecule has 5 heteroatoms. The Morgan fingerprint density at radius 2 is 2.18 bits per heavy atom. The minimum absolute atomic E-state index is 0.265. The van der Waals surface area contributed by atoms with Crippen LogP contribution < -0.4 is 5.32 Å². The van der Waals surface area contributed by atoms with Gasteiger partial charge in [0.15, 0.2) is 0 Å². The van der Waals surface area contributed by atoms with Gasteiger partial charge in [0.1, 0.15) is 11.6 Å². The van der Waals surface area contributed by atoms with Crippen molar-refractivity contribution in [2.24, 2.45) is 5.92 Å². The van der Waals surface area contributed by atoms with E-state index in [0.717, 1.165) is 25.5 Å². The molecule has 0 bridgehead atoms. The number of hydrogen-bond acceptors (Lipinski definition) is 2. The molecule has 0 saturated carbocycles. The normalized spacial score (nSPS) is 20.3. The summed E-state index contributed by atoms with van der Waals surface area (Å²) in [6, 6.07) is 2.30. The van der Waals surface area contributed by atoms with Gasteiger partial charge >= 0.3 is 0 Å². The summed E-state index contributed by atoms with van der Waals surface area (Å²) in [6.45, 7) is 2.17. The SMILES string of the molecule is Fc1cc(F)c(NCC2CCCOC2)cc1Br. The molecule has 0 aromatic heterocycles. The molecule has 1 aliphatic heterocycles. The Kier molecular flexibility index (Phi) is 4.34. The highest BCUT2D eigenvalue weighted by molar-refractivity contribution is 9.10. The largest absolute Gasteiger partial charge is 0.382 e. The number of hydrogen-bond donors (Lipinski definition) is 1. The zero-order valence-corrected chi connectivity index (χ0v) is 10.9. The Balaban J connectivity index is 1.96. The highest BCUT2D eigenvalue weighted by atomic mass is 79.9. The molecule has 1 N–H and O–H groups in total. The van der Waals surface area contributed by atoms with Crippen molar-refractivity contribution in [1.29, 1.82) is 0 Å². The van der Waals surface area contributed by atoms with E-state index in [1.807, 2.05) is 0 Å². The molecule has 1 aromatic carbocycles. The lowest BCUT2D eigenvalue weighted by molar-refractivity contribution is 0.0595. The van der Waals surface area contributed by atoms with Crippen molar-refractivity contribution < 1.29 is 13.5 Å². The molecule has 1 atom stereocenters. The van der Waals surface area contributed by atoms with E-state index in [9.17, 15) is 8.78 Å². The second-order valence-electron chi connectivity index (χ2n) is 4.21. The topological polar surface area (TPSA) is 21.3 Å². The molecule has 1 aliphatic rings. The first-order valence-corrected chi connectivity index (χ1v) is 6.42. The molecule has 2 rings (SSSR count). The van der Waals surface area contributed by atoms with Crippen molar-refractivity contribution in [2.45, 2.75) is 12.8 Å². The Hall–Kier alpha value is -0.680. The molecule has 0 aliphatic carbocycles. The van der Waals surface area contributed by atoms with Crippen LogP contribution in [0.4, 0.5) is 14.5 Å². The number of halogens is 3. The minimum Gasteiger partial charge on any atom is -0.382 e. The Bertz CT molecular complexity index is 394. The van der Waals surface area contributed by atoms with Gasteiger partial charge in [-0.2, -0.15) is 0 Å². The summed E-state index contributed by atoms with van der Waals surface area (Å²) in [7, 11) is 0. The lowest BCUT2D eigenvalue weighted by atomic mass is 10.0. The van der Waals surface area contributed by atoms with E-state index in [4.69, 9.17) is 4.74 Å². The van der Waals surface area contributed by atoms with Gasteiger partial charge in [0, 0.05) is 19.2 Å². The first-order valence-electron chi connectivity index (χ1n) is 5.63. The van der Waals surface area contributed by atoms with Crippen LogP contribution >= 0.6 is 15.9 Å². The number of benzene rings is 1. The first kappa shape index (κ1) is 12.8. The maximum absolute atomic E-state index is 13.4. The van der Waals surface area contributed by atoms with Crippen molar-refractivity contribution >= 4 is 21.6 Å². The molecule has 2 nitrogen and oxygen atoms in total. The second-order valence-corrected chi connectivity index (χ2v) is 5.06. The van der Waals surface area contributed by atoms with Gasteiger partial charge in [0.05, 0.1) is 16.8 Å². The monoisotopic (exact) mass is 305 g/mol. The Labute approximate surface area is 107 Å². The van der Waals surface area contributed by atoms with E-state index in [1.165, 1.54) is 6.07 Å². The van der Waals surface area contributed by atoms with Crippen LogP contribution in [0.15, 0.2) is 16.6 Å². The standard InChI is InChI=1S/C12H14BrF2NO/c13-9-4-12(11(15)5-10(9)14)16-6-8-2-1-3-17-7-8/h4-5,8,16H,1-3,6-7H2. The van der Waals surface area contributed by atoms with Crippen LogP contribution in [-0.2, 0) is 4.74 Å². The summed E-state index contributed by atoms with van der Waals surface area (Å²) in [5.74, 6) is -0.761. The van der Waals surface area contributed by atoms with Crippen LogP contribution in [0.2, 0.25) is 0 Å². The number of rotatable bonds is 3. The third kappa shape index (κ3) is 3.39. The predicted molar refractivity (Wildman–Crippen MR) is 66.1 cm³/mol. The lowest BCUT2D eigenvalue weighted by Crippen LogP contribution is -2.24. The summed E-state index contributed by atoms with van der Waals surface area (Å²) in [6.07, 6.45) is 2.12. The van der Waals surface area contributed by atoms with E-state index in [1.54, 1.807) is 0 Å². The molecule has 94 valence electrons. The average Bonchev–Trinajstić information content (AvgIpc) is 2.33. The molecule has 1 unspecified atom stereocenters. The van der Waals surface area contributed by atoms with Gasteiger partial charge < -0.3 is 10.1 Å². The molecule has 0 radical (unpaired) electrons. The summed E-state index contributed by atoms with van der Waals surface area (Å²) < 4.78 is 32.1. The van der Waals surface area contributed by atoms with Crippen LogP contribution in [-0.4, -0.2) is 19.8 Å². The van der Waals surface area contributed by atoms with Gasteiger partial charge in [0.2, 0.25) is 0 Å². The van der Waals surface area contributed by atoms with Crippen molar-refractivity contribution in [3.63, 3.8) is 0 Å². The zero-order chi connectivity index (χ0) is 12.3. The summed E-state index contributed by atoms with van der Waals surface area (Å²) in [5, 5.41) is 3.00. The Morgan fingerprint density at radius 1 is 1.35 bits per heavy atom. The maximum atomic E-state index is 13.4. The van der Waals surface area contributed by atoms with E-state index >= 15 is 0 Å². The highest BCUT2D eigenvalue weighted by Crippen LogP contribution is 2.24. The molecule has 0 spiro atoms. The minimum atomic E-state index is -0.589. The molecule has 1 fully saturated rings. The highest BCUT2D eigenvalue weighted by Gasteiger charge is 2.15. The van der Waals surface area contributed by atoms with Gasteiger partial charge in [-0.25, -0.2) is 8.78 Å². The second kappa shape index (κ2) is 5.78.